The number of hydrogen-bond donors (Lipinski definition) is 3. The number of carbonyl (C=O) groups is 4. The Hall–Kier alpha value is -7.31. The average Bonchev–Trinajstić information content (AvgIpc) is 3.89. The van der Waals surface area contributed by atoms with E-state index in [0.29, 0.717) is 65.1 Å². The van der Waals surface area contributed by atoms with Crippen molar-refractivity contribution >= 4 is 58.6 Å². The van der Waals surface area contributed by atoms with Gasteiger partial charge in [-0.1, -0.05) is 18.2 Å². The van der Waals surface area contributed by atoms with Gasteiger partial charge in [0, 0.05) is 43.0 Å². The van der Waals surface area contributed by atoms with Crippen LogP contribution in [0.25, 0.3) is 11.0 Å². The third kappa shape index (κ3) is 10.5. The molecule has 0 saturated carbocycles. The van der Waals surface area contributed by atoms with Gasteiger partial charge in [-0.15, -0.1) is 0 Å². The first kappa shape index (κ1) is 41.8. The van der Waals surface area contributed by atoms with Gasteiger partial charge in [-0.05, 0) is 65.0 Å². The standard InChI is InChI=1S/C39H44N10O9/c1-7-48-31(16-25(2)45-48)36(52)44-37-43-29-17-26(23-50)20-33(56-6)35(29)47(37)14-9-8-12-40-34-30(49(54)55)18-27(24-51)19-32(34)57-15-11-10-13-46-22-28(21-41-46)42-38(53)58-39(3,4)5/h8-11,16-24,40H,7,12-15H2,1-6H3,(H,42,53)(H,43,44,52)/b9-8+,11-10+. The van der Waals surface area contributed by atoms with Crippen molar-refractivity contribution in [2.24, 2.45) is 0 Å². The van der Waals surface area contributed by atoms with Crippen LogP contribution in [0.5, 0.6) is 11.5 Å². The van der Waals surface area contributed by atoms with Crippen LogP contribution in [0.3, 0.4) is 0 Å². The molecule has 0 aliphatic carbocycles. The number of nitro groups is 1. The summed E-state index contributed by atoms with van der Waals surface area (Å²) in [4.78, 5) is 64.9. The molecule has 19 heteroatoms. The summed E-state index contributed by atoms with van der Waals surface area (Å²) >= 11 is 0. The molecule has 2 amide bonds. The Kier molecular flexibility index (Phi) is 13.4. The van der Waals surface area contributed by atoms with E-state index in [-0.39, 0.29) is 48.3 Å². The molecule has 0 bridgehead atoms. The minimum Gasteiger partial charge on any atom is -0.494 e. The average molecular weight is 797 g/mol. The van der Waals surface area contributed by atoms with Gasteiger partial charge in [0.1, 0.15) is 41.7 Å². The number of nitrogens with one attached hydrogen (secondary N) is 3. The number of rotatable bonds is 18. The molecule has 0 fully saturated rings. The highest BCUT2D eigenvalue weighted by Crippen LogP contribution is 2.36. The fourth-order valence-corrected chi connectivity index (χ4v) is 5.77. The molecule has 5 aromatic rings. The van der Waals surface area contributed by atoms with E-state index in [2.05, 4.69) is 31.1 Å². The summed E-state index contributed by atoms with van der Waals surface area (Å²) in [6.07, 6.45) is 10.6. The fraction of sp³-hybridized carbons (Fsp3) is 0.308. The largest absolute Gasteiger partial charge is 0.494 e. The van der Waals surface area contributed by atoms with Crippen molar-refractivity contribution in [1.29, 1.82) is 0 Å². The summed E-state index contributed by atoms with van der Waals surface area (Å²) in [6, 6.07) is 7.38. The number of benzene rings is 2. The summed E-state index contributed by atoms with van der Waals surface area (Å²) in [6.45, 7) is 10.0. The second-order valence-corrected chi connectivity index (χ2v) is 13.7. The molecule has 3 heterocycles. The van der Waals surface area contributed by atoms with Crippen molar-refractivity contribution in [3.8, 4) is 11.5 Å². The van der Waals surface area contributed by atoms with E-state index in [1.54, 1.807) is 90.3 Å². The number of fused-ring (bicyclic) bond motifs is 1. The number of amides is 2. The molecule has 0 saturated heterocycles. The molecule has 0 aliphatic rings. The van der Waals surface area contributed by atoms with Crippen LogP contribution in [0.15, 0.2) is 67.0 Å². The Labute approximate surface area is 332 Å². The second kappa shape index (κ2) is 18.5. The lowest BCUT2D eigenvalue weighted by molar-refractivity contribution is -0.384. The van der Waals surface area contributed by atoms with E-state index in [1.165, 1.54) is 19.4 Å². The van der Waals surface area contributed by atoms with Gasteiger partial charge in [-0.2, -0.15) is 10.2 Å². The number of methoxy groups -OCH3 is 1. The van der Waals surface area contributed by atoms with Gasteiger partial charge < -0.3 is 24.1 Å². The first-order valence-corrected chi connectivity index (χ1v) is 18.1. The SMILES string of the molecule is CCn1nc(C)cc1C(=O)Nc1nc2cc(C=O)cc(OC)c2n1C/C=C/CNc1c(OC/C=C/Cn2cc(NC(=O)OC(C)(C)C)cn2)cc(C=O)cc1[N+](=O)[O-]. The van der Waals surface area contributed by atoms with Crippen molar-refractivity contribution in [2.45, 2.75) is 59.9 Å². The maximum Gasteiger partial charge on any atom is 0.412 e. The van der Waals surface area contributed by atoms with Crippen LogP contribution in [0.4, 0.5) is 27.8 Å². The molecule has 0 spiro atoms. The van der Waals surface area contributed by atoms with Crippen LogP contribution in [-0.2, 0) is 24.4 Å². The van der Waals surface area contributed by atoms with Crippen molar-refractivity contribution in [3.63, 3.8) is 0 Å². The Morgan fingerprint density at radius 2 is 1.69 bits per heavy atom. The Balaban J connectivity index is 1.30. The van der Waals surface area contributed by atoms with E-state index in [0.717, 1.165) is 6.07 Å². The summed E-state index contributed by atoms with van der Waals surface area (Å²) < 4.78 is 21.6. The van der Waals surface area contributed by atoms with Crippen molar-refractivity contribution in [1.82, 2.24) is 29.1 Å². The number of allylic oxidation sites excluding steroid dienone is 2. The lowest BCUT2D eigenvalue weighted by Gasteiger charge is -2.19. The maximum atomic E-state index is 13.4. The predicted molar refractivity (Wildman–Crippen MR) is 215 cm³/mol. The third-order valence-corrected chi connectivity index (χ3v) is 8.21. The van der Waals surface area contributed by atoms with Gasteiger partial charge in [0.05, 0.1) is 41.7 Å². The highest BCUT2D eigenvalue weighted by molar-refractivity contribution is 6.03. The monoisotopic (exact) mass is 796 g/mol. The molecule has 58 heavy (non-hydrogen) atoms. The number of anilines is 3. The molecule has 0 radical (unpaired) electrons. The molecule has 0 aliphatic heterocycles. The zero-order chi connectivity index (χ0) is 42.0. The van der Waals surface area contributed by atoms with Gasteiger partial charge in [0.15, 0.2) is 11.4 Å². The molecule has 5 rings (SSSR count). The molecular weight excluding hydrogens is 752 g/mol. The molecule has 3 aromatic heterocycles. The van der Waals surface area contributed by atoms with E-state index >= 15 is 0 Å². The third-order valence-electron chi connectivity index (χ3n) is 8.21. The van der Waals surface area contributed by atoms with Crippen LogP contribution < -0.4 is 25.4 Å². The Morgan fingerprint density at radius 3 is 2.38 bits per heavy atom. The number of aromatic nitrogens is 6. The first-order valence-electron chi connectivity index (χ1n) is 18.1. The van der Waals surface area contributed by atoms with Crippen LogP contribution in [-0.4, -0.2) is 84.5 Å². The minimum atomic E-state index is -0.649. The zero-order valence-electron chi connectivity index (χ0n) is 32.8. The smallest absolute Gasteiger partial charge is 0.412 e. The molecular formula is C39H44N10O9. The van der Waals surface area contributed by atoms with E-state index < -0.39 is 22.5 Å². The molecule has 3 N–H and O–H groups in total. The fourth-order valence-electron chi connectivity index (χ4n) is 5.77. The number of aryl methyl sites for hydroxylation is 2. The van der Waals surface area contributed by atoms with Crippen molar-refractivity contribution < 1.29 is 38.3 Å². The molecule has 304 valence electrons. The molecule has 19 nitrogen and oxygen atoms in total. The quantitative estimate of drug-likeness (QED) is 0.0389. The summed E-state index contributed by atoms with van der Waals surface area (Å²) in [5.74, 6) is 0.200. The molecule has 0 atom stereocenters. The second-order valence-electron chi connectivity index (χ2n) is 13.7. The predicted octanol–water partition coefficient (Wildman–Crippen LogP) is 6.20. The van der Waals surface area contributed by atoms with Gasteiger partial charge in [0.25, 0.3) is 11.6 Å². The topological polar surface area (TPSA) is 229 Å². The van der Waals surface area contributed by atoms with Crippen LogP contribution in [0, 0.1) is 17.0 Å². The number of aldehydes is 2. The number of imidazole rings is 1. The summed E-state index contributed by atoms with van der Waals surface area (Å²) in [7, 11) is 1.46. The maximum absolute atomic E-state index is 13.4. The Bertz CT molecular complexity index is 2380. The van der Waals surface area contributed by atoms with Crippen molar-refractivity contribution in [3.05, 3.63) is 99.7 Å². The van der Waals surface area contributed by atoms with Crippen LogP contribution in [0.1, 0.15) is 64.6 Å². The van der Waals surface area contributed by atoms with E-state index in [4.69, 9.17) is 14.2 Å². The highest BCUT2D eigenvalue weighted by atomic mass is 16.6. The molecule has 0 unspecified atom stereocenters. The number of nitrogens with zero attached hydrogens (tertiary/aromatic N) is 7. The van der Waals surface area contributed by atoms with Gasteiger partial charge in [-0.25, -0.2) is 9.78 Å². The lowest BCUT2D eigenvalue weighted by atomic mass is 10.1. The lowest BCUT2D eigenvalue weighted by Crippen LogP contribution is -2.27. The normalized spacial score (nSPS) is 11.6. The van der Waals surface area contributed by atoms with Crippen molar-refractivity contribution in [2.75, 3.05) is 36.2 Å². The van der Waals surface area contributed by atoms with Gasteiger partial charge in [0.2, 0.25) is 5.95 Å². The first-order chi connectivity index (χ1) is 27.7. The number of carbonyl (C=O) groups excluding carboxylic acids is 4. The van der Waals surface area contributed by atoms with E-state index in [1.807, 2.05) is 6.92 Å². The van der Waals surface area contributed by atoms with Crippen LogP contribution >= 0.6 is 0 Å². The summed E-state index contributed by atoms with van der Waals surface area (Å²) in [5, 5.41) is 29.1. The van der Waals surface area contributed by atoms with E-state index in [9.17, 15) is 29.3 Å². The highest BCUT2D eigenvalue weighted by Gasteiger charge is 2.22. The molecule has 2 aromatic carbocycles. The number of hydrogen-bond acceptors (Lipinski definition) is 13. The summed E-state index contributed by atoms with van der Waals surface area (Å²) in [5.41, 5.74) is 1.85. The van der Waals surface area contributed by atoms with Gasteiger partial charge in [-0.3, -0.25) is 44.5 Å². The number of ether oxygens (including phenoxy) is 3. The minimum absolute atomic E-state index is 0.00271. The Morgan fingerprint density at radius 1 is 0.966 bits per heavy atom. The van der Waals surface area contributed by atoms with Crippen LogP contribution in [0.2, 0.25) is 0 Å². The number of nitro benzene ring substituents is 1. The van der Waals surface area contributed by atoms with Gasteiger partial charge >= 0.3 is 6.09 Å². The zero-order valence-corrected chi connectivity index (χ0v) is 32.8.